The van der Waals surface area contributed by atoms with Crippen molar-refractivity contribution in [3.8, 4) is 16.9 Å². The van der Waals surface area contributed by atoms with Gasteiger partial charge in [0, 0.05) is 41.9 Å². The minimum atomic E-state index is -3.48. The number of aromatic nitrogens is 2. The van der Waals surface area contributed by atoms with Crippen molar-refractivity contribution < 1.29 is 17.9 Å². The molecule has 29 heavy (non-hydrogen) atoms. The van der Waals surface area contributed by atoms with Crippen LogP contribution in [-0.2, 0) is 14.8 Å². The summed E-state index contributed by atoms with van der Waals surface area (Å²) in [7, 11) is -3.48. The van der Waals surface area contributed by atoms with Gasteiger partial charge >= 0.3 is 0 Å². The summed E-state index contributed by atoms with van der Waals surface area (Å²) < 4.78 is 31.3. The zero-order chi connectivity index (χ0) is 21.0. The van der Waals surface area contributed by atoms with Crippen LogP contribution in [0.4, 0.5) is 0 Å². The lowest BCUT2D eigenvalue weighted by atomic mass is 10.1. The Bertz CT molecular complexity index is 988. The summed E-state index contributed by atoms with van der Waals surface area (Å²) in [6.07, 6.45) is 4.35. The first-order valence-corrected chi connectivity index (χ1v) is 11.1. The minimum absolute atomic E-state index is 0.185. The highest BCUT2D eigenvalue weighted by Gasteiger charge is 2.25. The maximum Gasteiger partial charge on any atom is 0.260 e. The Hall–Kier alpha value is -2.07. The molecule has 1 aromatic heterocycles. The number of halogens is 2. The van der Waals surface area contributed by atoms with Crippen molar-refractivity contribution in [3.63, 3.8) is 0 Å². The summed E-state index contributed by atoms with van der Waals surface area (Å²) in [4.78, 5) is 14.1. The third kappa shape index (κ3) is 5.51. The van der Waals surface area contributed by atoms with Crippen LogP contribution in [0.2, 0.25) is 10.0 Å². The van der Waals surface area contributed by atoms with E-state index in [9.17, 15) is 13.2 Å². The average molecular weight is 459 g/mol. The number of ether oxygens (including phenoxy) is 1. The van der Waals surface area contributed by atoms with Crippen molar-refractivity contribution >= 4 is 39.1 Å². The zero-order valence-corrected chi connectivity index (χ0v) is 17.7. The van der Waals surface area contributed by atoms with Gasteiger partial charge in [0.15, 0.2) is 6.61 Å². The highest BCUT2D eigenvalue weighted by molar-refractivity contribution is 7.92. The number of nitrogens with one attached hydrogen (secondary N) is 2. The van der Waals surface area contributed by atoms with Gasteiger partial charge in [-0.3, -0.25) is 9.89 Å². The molecule has 156 valence electrons. The number of amides is 1. The maximum atomic E-state index is 12.5. The number of H-pyrrole nitrogens is 1. The molecule has 0 bridgehead atoms. The van der Waals surface area contributed by atoms with E-state index in [1.54, 1.807) is 29.4 Å². The van der Waals surface area contributed by atoms with Gasteiger partial charge in [0.2, 0.25) is 10.0 Å². The summed E-state index contributed by atoms with van der Waals surface area (Å²) in [5.74, 6) is 0.139. The number of benzene rings is 1. The Labute approximate surface area is 178 Å². The van der Waals surface area contributed by atoms with Gasteiger partial charge in [-0.2, -0.15) is 5.10 Å². The number of hydrogen-bond acceptors (Lipinski definition) is 5. The quantitative estimate of drug-likeness (QED) is 0.663. The third-order valence-electron chi connectivity index (χ3n) is 4.58. The van der Waals surface area contributed by atoms with Crippen LogP contribution in [0.3, 0.4) is 0 Å². The summed E-state index contributed by atoms with van der Waals surface area (Å²) in [6.45, 7) is 3.95. The molecular weight excluding hydrogens is 439 g/mol. The van der Waals surface area contributed by atoms with Gasteiger partial charge in [-0.25, -0.2) is 13.1 Å². The molecule has 2 heterocycles. The molecule has 0 spiro atoms. The number of likely N-dealkylation sites (tertiary alicyclic amines) is 1. The fourth-order valence-electron chi connectivity index (χ4n) is 3.02. The standard InChI is InChI=1S/C18H20Cl2N4O4S/c1-2-29(26,27)23-13-3-5-24(6-4-13)18(25)11-28-17-7-14(12-9-21-22-10-12)15(19)8-16(17)20/h2,7-10,13,23H,1,3-6,11H2,(H,21,22). The van der Waals surface area contributed by atoms with Crippen LogP contribution >= 0.6 is 23.2 Å². The Morgan fingerprint density at radius 2 is 2.07 bits per heavy atom. The van der Waals surface area contributed by atoms with E-state index in [2.05, 4.69) is 21.5 Å². The molecule has 1 amide bonds. The zero-order valence-electron chi connectivity index (χ0n) is 15.4. The first kappa shape index (κ1) is 21.6. The normalized spacial score (nSPS) is 15.3. The molecule has 1 fully saturated rings. The second kappa shape index (κ2) is 9.17. The highest BCUT2D eigenvalue weighted by atomic mass is 35.5. The van der Waals surface area contributed by atoms with Crippen molar-refractivity contribution in [1.82, 2.24) is 19.8 Å². The smallest absolute Gasteiger partial charge is 0.260 e. The van der Waals surface area contributed by atoms with E-state index in [4.69, 9.17) is 27.9 Å². The molecule has 1 saturated heterocycles. The average Bonchev–Trinajstić information content (AvgIpc) is 3.22. The van der Waals surface area contributed by atoms with Crippen LogP contribution in [0.1, 0.15) is 12.8 Å². The minimum Gasteiger partial charge on any atom is -0.482 e. The molecule has 0 saturated carbocycles. The van der Waals surface area contributed by atoms with Crippen molar-refractivity contribution in [1.29, 1.82) is 0 Å². The van der Waals surface area contributed by atoms with Crippen LogP contribution in [0.15, 0.2) is 36.5 Å². The summed E-state index contributed by atoms with van der Waals surface area (Å²) in [5, 5.41) is 8.23. The lowest BCUT2D eigenvalue weighted by Gasteiger charge is -2.32. The predicted octanol–water partition coefficient (Wildman–Crippen LogP) is 2.82. The van der Waals surface area contributed by atoms with Crippen molar-refractivity contribution in [2.75, 3.05) is 19.7 Å². The van der Waals surface area contributed by atoms with E-state index in [0.29, 0.717) is 47.3 Å². The van der Waals surface area contributed by atoms with Gasteiger partial charge in [-0.1, -0.05) is 29.8 Å². The Morgan fingerprint density at radius 1 is 1.34 bits per heavy atom. The molecule has 8 nitrogen and oxygen atoms in total. The van der Waals surface area contributed by atoms with Crippen LogP contribution in [0, 0.1) is 0 Å². The van der Waals surface area contributed by atoms with E-state index in [0.717, 1.165) is 11.0 Å². The Balaban J connectivity index is 1.58. The first-order chi connectivity index (χ1) is 13.8. The van der Waals surface area contributed by atoms with Gasteiger partial charge in [-0.15, -0.1) is 0 Å². The van der Waals surface area contributed by atoms with E-state index in [-0.39, 0.29) is 18.6 Å². The van der Waals surface area contributed by atoms with Gasteiger partial charge in [0.1, 0.15) is 5.75 Å². The number of nitrogens with zero attached hydrogens (tertiary/aromatic N) is 2. The largest absolute Gasteiger partial charge is 0.482 e. The fourth-order valence-corrected chi connectivity index (χ4v) is 4.36. The summed E-state index contributed by atoms with van der Waals surface area (Å²) in [6, 6.07) is 3.01. The number of hydrogen-bond donors (Lipinski definition) is 2. The molecule has 0 radical (unpaired) electrons. The van der Waals surface area contributed by atoms with E-state index in [1.165, 1.54) is 0 Å². The van der Waals surface area contributed by atoms with Crippen LogP contribution in [0.25, 0.3) is 11.1 Å². The van der Waals surface area contributed by atoms with Crippen LogP contribution in [0.5, 0.6) is 5.75 Å². The second-order valence-electron chi connectivity index (χ2n) is 6.52. The topological polar surface area (TPSA) is 104 Å². The van der Waals surface area contributed by atoms with Crippen molar-refractivity contribution in [2.24, 2.45) is 0 Å². The second-order valence-corrected chi connectivity index (χ2v) is 9.00. The monoisotopic (exact) mass is 458 g/mol. The molecule has 0 unspecified atom stereocenters. The number of carbonyl (C=O) groups is 1. The van der Waals surface area contributed by atoms with E-state index in [1.807, 2.05) is 0 Å². The lowest BCUT2D eigenvalue weighted by Crippen LogP contribution is -2.47. The molecule has 11 heteroatoms. The number of piperidine rings is 1. The molecule has 1 aliphatic rings. The molecular formula is C18H20Cl2N4O4S. The van der Waals surface area contributed by atoms with Crippen LogP contribution < -0.4 is 9.46 Å². The van der Waals surface area contributed by atoms with Gasteiger partial charge in [-0.05, 0) is 25.0 Å². The van der Waals surface area contributed by atoms with E-state index >= 15 is 0 Å². The molecule has 0 atom stereocenters. The van der Waals surface area contributed by atoms with Crippen molar-refractivity contribution in [3.05, 3.63) is 46.6 Å². The Kier molecular flexibility index (Phi) is 6.84. The highest BCUT2D eigenvalue weighted by Crippen LogP contribution is 2.36. The summed E-state index contributed by atoms with van der Waals surface area (Å²) in [5.41, 5.74) is 1.45. The maximum absolute atomic E-state index is 12.5. The van der Waals surface area contributed by atoms with Gasteiger partial charge in [0.25, 0.3) is 5.91 Å². The molecule has 1 aromatic carbocycles. The number of sulfonamides is 1. The number of carbonyl (C=O) groups excluding carboxylic acids is 1. The van der Waals surface area contributed by atoms with Gasteiger partial charge < -0.3 is 9.64 Å². The molecule has 2 aromatic rings. The summed E-state index contributed by atoms with van der Waals surface area (Å²) >= 11 is 12.4. The number of aromatic amines is 1. The van der Waals surface area contributed by atoms with Crippen molar-refractivity contribution in [2.45, 2.75) is 18.9 Å². The molecule has 2 N–H and O–H groups in total. The Morgan fingerprint density at radius 3 is 2.69 bits per heavy atom. The van der Waals surface area contributed by atoms with E-state index < -0.39 is 10.0 Å². The first-order valence-electron chi connectivity index (χ1n) is 8.82. The van der Waals surface area contributed by atoms with Gasteiger partial charge in [0.05, 0.1) is 16.2 Å². The SMILES string of the molecule is C=CS(=O)(=O)NC1CCN(C(=O)COc2cc(-c3cn[nH]c3)c(Cl)cc2Cl)CC1. The van der Waals surface area contributed by atoms with Crippen LogP contribution in [-0.4, -0.2) is 55.2 Å². The lowest BCUT2D eigenvalue weighted by molar-refractivity contribution is -0.134. The number of rotatable bonds is 7. The fraction of sp³-hybridized carbons (Fsp3) is 0.333. The molecule has 1 aliphatic heterocycles. The predicted molar refractivity (Wildman–Crippen MR) is 111 cm³/mol. The third-order valence-corrected chi connectivity index (χ3v) is 6.29. The molecule has 3 rings (SSSR count). The molecule has 0 aliphatic carbocycles.